The summed E-state index contributed by atoms with van der Waals surface area (Å²) in [4.78, 5) is 97.3. The Hall–Kier alpha value is -6.32. The predicted molar refractivity (Wildman–Crippen MR) is 214 cm³/mol. The van der Waals surface area contributed by atoms with E-state index in [1.165, 1.54) is 22.5 Å². The first-order valence-corrected chi connectivity index (χ1v) is 19.5. The first kappa shape index (κ1) is 44.4. The number of rotatable bonds is 21. The second-order valence-corrected chi connectivity index (χ2v) is 14.5. The highest BCUT2D eigenvalue weighted by atomic mass is 16.5. The number of nitrogens with one attached hydrogen (secondary N) is 4. The number of hydrogen-bond donors (Lipinski definition) is 4. The Morgan fingerprint density at radius 1 is 0.603 bits per heavy atom. The van der Waals surface area contributed by atoms with E-state index < -0.39 is 47.7 Å². The van der Waals surface area contributed by atoms with Crippen LogP contribution in [0, 0.1) is 11.8 Å². The van der Waals surface area contributed by atoms with E-state index in [1.807, 2.05) is 88.4 Å². The van der Waals surface area contributed by atoms with Gasteiger partial charge in [0, 0.05) is 26.2 Å². The third kappa shape index (κ3) is 12.6. The molecule has 4 rings (SSSR count). The summed E-state index contributed by atoms with van der Waals surface area (Å²) in [6.45, 7) is 11.8. The van der Waals surface area contributed by atoms with Crippen LogP contribution in [0.3, 0.4) is 0 Å². The second-order valence-electron chi connectivity index (χ2n) is 14.5. The summed E-state index contributed by atoms with van der Waals surface area (Å²) in [5, 5.41) is 5.39. The van der Waals surface area contributed by atoms with Crippen LogP contribution >= 0.6 is 0 Å². The molecule has 4 N–H and O–H groups in total. The van der Waals surface area contributed by atoms with E-state index in [1.54, 1.807) is 13.8 Å². The first-order chi connectivity index (χ1) is 27.8. The molecule has 0 spiro atoms. The van der Waals surface area contributed by atoms with Crippen molar-refractivity contribution < 1.29 is 38.2 Å². The van der Waals surface area contributed by atoms with Crippen molar-refractivity contribution in [3.8, 4) is 0 Å². The fraction of sp³-hybridized carbons (Fsp3) is 0.429. The highest BCUT2D eigenvalue weighted by Crippen LogP contribution is 2.15. The van der Waals surface area contributed by atoms with Gasteiger partial charge in [0.05, 0.1) is 12.7 Å². The number of nitrogens with zero attached hydrogens (tertiary/aromatic N) is 4. The molecule has 0 aliphatic rings. The lowest BCUT2D eigenvalue weighted by molar-refractivity contribution is -0.148. The number of carbonyl (C=O) groups is 6. The maximum atomic E-state index is 13.8. The predicted octanol–water partition coefficient (Wildman–Crippen LogP) is 4.53. The zero-order valence-corrected chi connectivity index (χ0v) is 33.9. The van der Waals surface area contributed by atoms with Crippen molar-refractivity contribution >= 4 is 35.6 Å². The molecule has 4 amide bonds. The van der Waals surface area contributed by atoms with Gasteiger partial charge < -0.3 is 39.9 Å². The van der Waals surface area contributed by atoms with E-state index in [9.17, 15) is 28.8 Å². The Bertz CT molecular complexity index is 1840. The molecule has 0 aliphatic carbocycles. The Labute approximate surface area is 338 Å². The highest BCUT2D eigenvalue weighted by molar-refractivity contribution is 6.06. The van der Waals surface area contributed by atoms with Crippen molar-refractivity contribution in [2.75, 3.05) is 26.2 Å². The molecule has 16 nitrogen and oxygen atoms in total. The number of H-pyrrole nitrogens is 2. The molecule has 0 aliphatic heterocycles. The van der Waals surface area contributed by atoms with Crippen LogP contribution in [0.4, 0.5) is 0 Å². The van der Waals surface area contributed by atoms with Crippen molar-refractivity contribution in [2.45, 2.75) is 79.7 Å². The minimum Gasteiger partial charge on any atom is -0.459 e. The molecule has 0 saturated carbocycles. The quantitative estimate of drug-likeness (QED) is 0.0866. The molecule has 2 atom stereocenters. The molecule has 310 valence electrons. The van der Waals surface area contributed by atoms with Crippen molar-refractivity contribution in [3.63, 3.8) is 0 Å². The van der Waals surface area contributed by atoms with E-state index in [-0.39, 0.29) is 74.0 Å². The number of hydrogen-bond acceptors (Lipinski definition) is 10. The number of imidazole rings is 2. The molecule has 0 unspecified atom stereocenters. The SMILES string of the molecule is CCN(CCN(CC)C(=O)c1[nH]cnc1C(=O)N[C@@H](CC(C)C)C(=O)OCc1ccccc1)C(=O)c1[nH]cnc1C(=O)N[C@@H](CC(C)C)C(=O)OCc1ccccc1. The van der Waals surface area contributed by atoms with Gasteiger partial charge in [-0.3, -0.25) is 19.2 Å². The van der Waals surface area contributed by atoms with Crippen LogP contribution < -0.4 is 10.6 Å². The topological polar surface area (TPSA) is 209 Å². The van der Waals surface area contributed by atoms with Crippen molar-refractivity contribution in [3.05, 3.63) is 107 Å². The number of aromatic nitrogens is 4. The third-order valence-corrected chi connectivity index (χ3v) is 9.16. The number of aromatic amines is 2. The zero-order chi connectivity index (χ0) is 42.2. The van der Waals surface area contributed by atoms with Gasteiger partial charge in [-0.25, -0.2) is 19.6 Å². The maximum absolute atomic E-state index is 13.8. The van der Waals surface area contributed by atoms with Gasteiger partial charge in [0.15, 0.2) is 11.4 Å². The van der Waals surface area contributed by atoms with E-state index in [4.69, 9.17) is 9.47 Å². The van der Waals surface area contributed by atoms with Gasteiger partial charge in [-0.1, -0.05) is 88.4 Å². The Morgan fingerprint density at radius 2 is 0.966 bits per heavy atom. The van der Waals surface area contributed by atoms with Gasteiger partial charge >= 0.3 is 11.9 Å². The minimum absolute atomic E-state index is 0.0395. The lowest BCUT2D eigenvalue weighted by atomic mass is 10.0. The van der Waals surface area contributed by atoms with Crippen LogP contribution in [0.15, 0.2) is 73.3 Å². The van der Waals surface area contributed by atoms with Crippen LogP contribution in [0.1, 0.15) is 107 Å². The highest BCUT2D eigenvalue weighted by Gasteiger charge is 2.31. The van der Waals surface area contributed by atoms with Crippen LogP contribution in [0.2, 0.25) is 0 Å². The normalized spacial score (nSPS) is 12.1. The van der Waals surface area contributed by atoms with Crippen LogP contribution in [-0.2, 0) is 32.3 Å². The average molecular weight is 799 g/mol. The molecule has 4 aromatic rings. The summed E-state index contributed by atoms with van der Waals surface area (Å²) in [7, 11) is 0. The number of amides is 4. The lowest BCUT2D eigenvalue weighted by Crippen LogP contribution is -2.45. The second kappa shape index (κ2) is 21.8. The molecule has 0 radical (unpaired) electrons. The van der Waals surface area contributed by atoms with E-state index in [0.717, 1.165) is 11.1 Å². The molecule has 0 fully saturated rings. The number of ether oxygens (including phenoxy) is 2. The Balaban J connectivity index is 1.39. The third-order valence-electron chi connectivity index (χ3n) is 9.16. The van der Waals surface area contributed by atoms with Gasteiger partial charge in [0.25, 0.3) is 23.6 Å². The van der Waals surface area contributed by atoms with Crippen molar-refractivity contribution in [2.24, 2.45) is 11.8 Å². The minimum atomic E-state index is -0.980. The van der Waals surface area contributed by atoms with Gasteiger partial charge in [-0.2, -0.15) is 0 Å². The first-order valence-electron chi connectivity index (χ1n) is 19.5. The van der Waals surface area contributed by atoms with Gasteiger partial charge in [0.2, 0.25) is 0 Å². The van der Waals surface area contributed by atoms with Gasteiger partial charge in [-0.15, -0.1) is 0 Å². The summed E-state index contributed by atoms with van der Waals surface area (Å²) < 4.78 is 11.0. The van der Waals surface area contributed by atoms with Crippen molar-refractivity contribution in [1.29, 1.82) is 0 Å². The summed E-state index contributed by atoms with van der Waals surface area (Å²) in [5.41, 5.74) is 1.05. The molecule has 2 heterocycles. The van der Waals surface area contributed by atoms with E-state index in [0.29, 0.717) is 12.8 Å². The van der Waals surface area contributed by atoms with E-state index >= 15 is 0 Å². The number of esters is 2. The number of carbonyl (C=O) groups excluding carboxylic acids is 6. The van der Waals surface area contributed by atoms with Crippen molar-refractivity contribution in [1.82, 2.24) is 40.4 Å². The fourth-order valence-corrected chi connectivity index (χ4v) is 6.11. The standard InChI is InChI=1S/C42H54N8O8/c1-7-49(39(53)35-33(43-25-45-35)37(51)47-31(21-27(3)4)41(55)57-23-29-15-11-9-12-16-29)19-20-50(8-2)40(54)36-34(44-26-46-36)38(52)48-32(22-28(5)6)42(56)58-24-30-17-13-10-14-18-30/h9-18,25-28,31-32H,7-8,19-24H2,1-6H3,(H,43,45)(H,44,46)(H,47,51)(H,48,52)/t31-,32-/m0/s1. The molecular weight excluding hydrogens is 745 g/mol. The fourth-order valence-electron chi connectivity index (χ4n) is 6.11. The lowest BCUT2D eigenvalue weighted by Gasteiger charge is -2.26. The van der Waals surface area contributed by atoms with Crippen LogP contribution in [0.25, 0.3) is 0 Å². The van der Waals surface area contributed by atoms with Crippen LogP contribution in [0.5, 0.6) is 0 Å². The molecule has 2 aromatic heterocycles. The van der Waals surface area contributed by atoms with E-state index in [2.05, 4.69) is 30.6 Å². The molecule has 0 bridgehead atoms. The Morgan fingerprint density at radius 3 is 1.29 bits per heavy atom. The monoisotopic (exact) mass is 798 g/mol. The molecule has 0 saturated heterocycles. The summed E-state index contributed by atoms with van der Waals surface area (Å²) in [6.07, 6.45) is 3.05. The Kier molecular flexibility index (Phi) is 16.7. The zero-order valence-electron chi connectivity index (χ0n) is 33.9. The number of likely N-dealkylation sites (N-methyl/N-ethyl adjacent to an activating group) is 2. The molecule has 2 aromatic carbocycles. The largest absolute Gasteiger partial charge is 0.459 e. The summed E-state index contributed by atoms with van der Waals surface area (Å²) in [6, 6.07) is 16.4. The number of benzene rings is 2. The molecule has 58 heavy (non-hydrogen) atoms. The molecular formula is C42H54N8O8. The van der Waals surface area contributed by atoms with Gasteiger partial charge in [-0.05, 0) is 49.7 Å². The van der Waals surface area contributed by atoms with Gasteiger partial charge in [0.1, 0.15) is 36.7 Å². The maximum Gasteiger partial charge on any atom is 0.328 e. The molecule has 16 heteroatoms. The average Bonchev–Trinajstić information content (AvgIpc) is 3.92. The van der Waals surface area contributed by atoms with Crippen LogP contribution in [-0.4, -0.2) is 104 Å². The smallest absolute Gasteiger partial charge is 0.328 e. The summed E-state index contributed by atoms with van der Waals surface area (Å²) in [5.74, 6) is -3.67. The summed E-state index contributed by atoms with van der Waals surface area (Å²) >= 11 is 0.